The van der Waals surface area contributed by atoms with Gasteiger partial charge in [-0.1, -0.05) is 33.6 Å². The normalized spacial score (nSPS) is 14.6. The van der Waals surface area contributed by atoms with Crippen LogP contribution in [0.4, 0.5) is 5.69 Å². The predicted molar refractivity (Wildman–Crippen MR) is 98.4 cm³/mol. The van der Waals surface area contributed by atoms with Crippen LogP contribution in [-0.4, -0.2) is 36.4 Å². The van der Waals surface area contributed by atoms with Gasteiger partial charge in [0.2, 0.25) is 0 Å². The Balaban J connectivity index is 2.14. The van der Waals surface area contributed by atoms with Gasteiger partial charge in [0.1, 0.15) is 0 Å². The average molecular weight is 316 g/mol. The molecule has 1 aromatic rings. The first-order valence-corrected chi connectivity index (χ1v) is 9.36. The molecule has 128 valence electrons. The summed E-state index contributed by atoms with van der Waals surface area (Å²) in [6, 6.07) is 6.21. The molecule has 23 heavy (non-hydrogen) atoms. The second kappa shape index (κ2) is 9.07. The fourth-order valence-corrected chi connectivity index (χ4v) is 3.41. The number of Topliss-reactive ketones (excluding diaryl/α,β-unsaturated/α-hetero) is 1. The van der Waals surface area contributed by atoms with Crippen molar-refractivity contribution in [2.45, 2.75) is 65.3 Å². The molecule has 0 spiro atoms. The molecule has 2 rings (SSSR count). The van der Waals surface area contributed by atoms with Crippen LogP contribution < -0.4 is 5.32 Å². The van der Waals surface area contributed by atoms with Crippen molar-refractivity contribution in [1.82, 2.24) is 4.90 Å². The second-order valence-electron chi connectivity index (χ2n) is 6.58. The second-order valence-corrected chi connectivity index (χ2v) is 6.58. The van der Waals surface area contributed by atoms with Crippen molar-refractivity contribution in [1.29, 1.82) is 0 Å². The van der Waals surface area contributed by atoms with Crippen LogP contribution in [0.15, 0.2) is 18.2 Å². The molecule has 0 radical (unpaired) electrons. The third-order valence-corrected chi connectivity index (χ3v) is 4.83. The largest absolute Gasteiger partial charge is 0.384 e. The molecule has 3 nitrogen and oxygen atoms in total. The summed E-state index contributed by atoms with van der Waals surface area (Å²) >= 11 is 0. The minimum atomic E-state index is 0.0283. The standard InChI is InChI=1S/C20H32N2O/c1-4-7-13-22(14-8-5-2)19(6-3)20(23)17-9-10-18-16(15-17)11-12-21-18/h9-10,15,19,21H,4-8,11-14H2,1-3H3. The third-order valence-electron chi connectivity index (χ3n) is 4.83. The number of hydrogen-bond acceptors (Lipinski definition) is 3. The van der Waals surface area contributed by atoms with Gasteiger partial charge in [0.15, 0.2) is 5.78 Å². The Morgan fingerprint density at radius 2 is 1.87 bits per heavy atom. The molecular formula is C20H32N2O. The molecule has 1 unspecified atom stereocenters. The van der Waals surface area contributed by atoms with E-state index in [4.69, 9.17) is 0 Å². The van der Waals surface area contributed by atoms with Crippen LogP contribution in [-0.2, 0) is 6.42 Å². The van der Waals surface area contributed by atoms with Gasteiger partial charge >= 0.3 is 0 Å². The molecular weight excluding hydrogens is 284 g/mol. The highest BCUT2D eigenvalue weighted by atomic mass is 16.1. The molecule has 1 N–H and O–H groups in total. The van der Waals surface area contributed by atoms with E-state index < -0.39 is 0 Å². The molecule has 0 aliphatic carbocycles. The van der Waals surface area contributed by atoms with Crippen molar-refractivity contribution in [2.75, 3.05) is 25.0 Å². The first-order chi connectivity index (χ1) is 11.2. The van der Waals surface area contributed by atoms with Gasteiger partial charge < -0.3 is 5.32 Å². The highest BCUT2D eigenvalue weighted by Gasteiger charge is 2.25. The monoisotopic (exact) mass is 316 g/mol. The van der Waals surface area contributed by atoms with Gasteiger partial charge in [-0.25, -0.2) is 0 Å². The van der Waals surface area contributed by atoms with Crippen molar-refractivity contribution in [3.63, 3.8) is 0 Å². The van der Waals surface area contributed by atoms with Crippen molar-refractivity contribution in [2.24, 2.45) is 0 Å². The average Bonchev–Trinajstić information content (AvgIpc) is 3.04. The minimum absolute atomic E-state index is 0.0283. The summed E-state index contributed by atoms with van der Waals surface area (Å²) in [7, 11) is 0. The van der Waals surface area contributed by atoms with E-state index in [1.54, 1.807) is 0 Å². The molecule has 1 aliphatic rings. The van der Waals surface area contributed by atoms with E-state index in [0.29, 0.717) is 5.78 Å². The topological polar surface area (TPSA) is 32.3 Å². The van der Waals surface area contributed by atoms with Crippen LogP contribution in [0.2, 0.25) is 0 Å². The summed E-state index contributed by atoms with van der Waals surface area (Å²) in [6.07, 6.45) is 6.61. The van der Waals surface area contributed by atoms with Gasteiger partial charge in [-0.2, -0.15) is 0 Å². The lowest BCUT2D eigenvalue weighted by molar-refractivity contribution is 0.0805. The lowest BCUT2D eigenvalue weighted by Crippen LogP contribution is -2.42. The maximum atomic E-state index is 13.1. The fourth-order valence-electron chi connectivity index (χ4n) is 3.41. The number of nitrogens with one attached hydrogen (secondary N) is 1. The Kier molecular flexibility index (Phi) is 7.10. The Morgan fingerprint density at radius 1 is 1.17 bits per heavy atom. The van der Waals surface area contributed by atoms with Gasteiger partial charge in [0.05, 0.1) is 6.04 Å². The van der Waals surface area contributed by atoms with Crippen molar-refractivity contribution in [3.8, 4) is 0 Å². The van der Waals surface area contributed by atoms with Gasteiger partial charge in [-0.3, -0.25) is 9.69 Å². The van der Waals surface area contributed by atoms with Crippen LogP contribution in [0.3, 0.4) is 0 Å². The number of carbonyl (C=O) groups is 1. The molecule has 1 aromatic carbocycles. The SMILES string of the molecule is CCCCN(CCCC)C(CC)C(=O)c1ccc2c(c1)CCN2. The lowest BCUT2D eigenvalue weighted by Gasteiger charge is -2.30. The summed E-state index contributed by atoms with van der Waals surface area (Å²) in [6.45, 7) is 9.63. The molecule has 0 saturated heterocycles. The van der Waals surface area contributed by atoms with Crippen LogP contribution in [0, 0.1) is 0 Å². The molecule has 0 bridgehead atoms. The summed E-state index contributed by atoms with van der Waals surface area (Å²) in [5.74, 6) is 0.300. The lowest BCUT2D eigenvalue weighted by atomic mass is 9.97. The molecule has 0 aromatic heterocycles. The summed E-state index contributed by atoms with van der Waals surface area (Å²) in [5.41, 5.74) is 3.38. The zero-order valence-electron chi connectivity index (χ0n) is 15.0. The highest BCUT2D eigenvalue weighted by molar-refractivity contribution is 6.00. The molecule has 0 fully saturated rings. The molecule has 3 heteroatoms. The van der Waals surface area contributed by atoms with Gasteiger partial charge in [-0.15, -0.1) is 0 Å². The molecule has 0 saturated carbocycles. The number of nitrogens with zero attached hydrogens (tertiary/aromatic N) is 1. The number of anilines is 1. The predicted octanol–water partition coefficient (Wildman–Crippen LogP) is 4.52. The van der Waals surface area contributed by atoms with E-state index in [0.717, 1.165) is 38.0 Å². The van der Waals surface area contributed by atoms with E-state index in [9.17, 15) is 4.79 Å². The smallest absolute Gasteiger partial charge is 0.179 e. The van der Waals surface area contributed by atoms with E-state index in [2.05, 4.69) is 43.1 Å². The Labute approximate surface area is 141 Å². The zero-order chi connectivity index (χ0) is 16.7. The van der Waals surface area contributed by atoms with Crippen LogP contribution in [0.25, 0.3) is 0 Å². The van der Waals surface area contributed by atoms with Crippen LogP contribution in [0.1, 0.15) is 68.8 Å². The summed E-state index contributed by atoms with van der Waals surface area (Å²) < 4.78 is 0. The first kappa shape index (κ1) is 18.0. The first-order valence-electron chi connectivity index (χ1n) is 9.36. The number of benzene rings is 1. The maximum Gasteiger partial charge on any atom is 0.179 e. The van der Waals surface area contributed by atoms with Gasteiger partial charge in [-0.05, 0) is 62.5 Å². The Morgan fingerprint density at radius 3 is 2.48 bits per heavy atom. The minimum Gasteiger partial charge on any atom is -0.384 e. The van der Waals surface area contributed by atoms with E-state index in [-0.39, 0.29) is 6.04 Å². The number of fused-ring (bicyclic) bond motifs is 1. The van der Waals surface area contributed by atoms with Crippen LogP contribution in [0.5, 0.6) is 0 Å². The molecule has 0 amide bonds. The van der Waals surface area contributed by atoms with E-state index >= 15 is 0 Å². The molecule has 1 heterocycles. The molecule has 1 aliphatic heterocycles. The third kappa shape index (κ3) is 4.57. The number of rotatable bonds is 10. The fraction of sp³-hybridized carbons (Fsp3) is 0.650. The number of ketones is 1. The van der Waals surface area contributed by atoms with Crippen molar-refractivity contribution >= 4 is 11.5 Å². The van der Waals surface area contributed by atoms with Gasteiger partial charge in [0.25, 0.3) is 0 Å². The van der Waals surface area contributed by atoms with Crippen molar-refractivity contribution in [3.05, 3.63) is 29.3 Å². The zero-order valence-corrected chi connectivity index (χ0v) is 15.0. The quantitative estimate of drug-likeness (QED) is 0.644. The maximum absolute atomic E-state index is 13.1. The highest BCUT2D eigenvalue weighted by Crippen LogP contribution is 2.24. The Bertz CT molecular complexity index is 504. The molecule has 1 atom stereocenters. The summed E-state index contributed by atoms with van der Waals surface area (Å²) in [4.78, 5) is 15.5. The number of unbranched alkanes of at least 4 members (excludes halogenated alkanes) is 2. The van der Waals surface area contributed by atoms with E-state index in [1.165, 1.54) is 36.9 Å². The number of hydrogen-bond donors (Lipinski definition) is 1. The van der Waals surface area contributed by atoms with Crippen LogP contribution >= 0.6 is 0 Å². The van der Waals surface area contributed by atoms with E-state index in [1.807, 2.05) is 6.07 Å². The van der Waals surface area contributed by atoms with Crippen molar-refractivity contribution < 1.29 is 4.79 Å². The van der Waals surface area contributed by atoms with Gasteiger partial charge in [0, 0.05) is 17.8 Å². The Hall–Kier alpha value is -1.35. The summed E-state index contributed by atoms with van der Waals surface area (Å²) in [5, 5.41) is 3.37. The number of carbonyl (C=O) groups excluding carboxylic acids is 1.